The molecule has 0 unspecified atom stereocenters. The predicted molar refractivity (Wildman–Crippen MR) is 76.0 cm³/mol. The lowest BCUT2D eigenvalue weighted by atomic mass is 10.2. The summed E-state index contributed by atoms with van der Waals surface area (Å²) in [6.07, 6.45) is 3.08. The van der Waals surface area contributed by atoms with Gasteiger partial charge in [0.1, 0.15) is 0 Å². The van der Waals surface area contributed by atoms with Gasteiger partial charge in [0, 0.05) is 18.7 Å². The van der Waals surface area contributed by atoms with E-state index in [1.54, 1.807) is 0 Å². The highest BCUT2D eigenvalue weighted by molar-refractivity contribution is 5.66. The van der Waals surface area contributed by atoms with Crippen molar-refractivity contribution in [3.8, 4) is 0 Å². The number of pyridine rings is 1. The van der Waals surface area contributed by atoms with Crippen LogP contribution in [0.1, 0.15) is 44.0 Å². The van der Waals surface area contributed by atoms with Gasteiger partial charge in [-0.05, 0) is 45.0 Å². The molecule has 4 heteroatoms. The van der Waals surface area contributed by atoms with E-state index in [0.29, 0.717) is 0 Å². The molecular weight excluding hydrogens is 240 g/mol. The van der Waals surface area contributed by atoms with Crippen molar-refractivity contribution in [2.24, 2.45) is 0 Å². The molecule has 0 aliphatic carbocycles. The maximum absolute atomic E-state index is 10.4. The quantitative estimate of drug-likeness (QED) is 0.697. The zero-order valence-electron chi connectivity index (χ0n) is 11.9. The number of carboxylic acid groups (broad SMARTS) is 1. The van der Waals surface area contributed by atoms with Gasteiger partial charge in [0.05, 0.1) is 5.69 Å². The molecule has 0 atom stereocenters. The third-order valence-corrected chi connectivity index (χ3v) is 3.14. The number of aromatic nitrogens is 1. The van der Waals surface area contributed by atoms with Crippen LogP contribution in [0.25, 0.3) is 0 Å². The van der Waals surface area contributed by atoms with Gasteiger partial charge < -0.3 is 5.11 Å². The first-order valence-corrected chi connectivity index (χ1v) is 6.98. The Balaban J connectivity index is 2.28. The van der Waals surface area contributed by atoms with E-state index in [1.165, 1.54) is 0 Å². The zero-order chi connectivity index (χ0) is 14.1. The topological polar surface area (TPSA) is 53.4 Å². The second-order valence-corrected chi connectivity index (χ2v) is 4.84. The van der Waals surface area contributed by atoms with Crippen molar-refractivity contribution in [2.45, 2.75) is 46.1 Å². The Morgan fingerprint density at radius 3 is 2.74 bits per heavy atom. The molecular formula is C15H24N2O2. The van der Waals surface area contributed by atoms with Gasteiger partial charge in [0.25, 0.3) is 0 Å². The van der Waals surface area contributed by atoms with Crippen LogP contribution in [0.2, 0.25) is 0 Å². The summed E-state index contributed by atoms with van der Waals surface area (Å²) in [4.78, 5) is 17.3. The van der Waals surface area contributed by atoms with Gasteiger partial charge in [-0.3, -0.25) is 14.7 Å². The molecule has 0 amide bonds. The Bertz CT molecular complexity index is 393. The normalized spacial score (nSPS) is 10.9. The number of rotatable bonds is 9. The molecule has 1 aromatic heterocycles. The summed E-state index contributed by atoms with van der Waals surface area (Å²) in [5, 5.41) is 8.57. The Labute approximate surface area is 115 Å². The molecule has 1 N–H and O–H groups in total. The minimum atomic E-state index is -0.698. The molecule has 106 valence electrons. The molecule has 19 heavy (non-hydrogen) atoms. The lowest BCUT2D eigenvalue weighted by Crippen LogP contribution is -2.24. The largest absolute Gasteiger partial charge is 0.481 e. The maximum atomic E-state index is 10.4. The fourth-order valence-corrected chi connectivity index (χ4v) is 2.05. The lowest BCUT2D eigenvalue weighted by Gasteiger charge is -2.19. The number of hydrogen-bond acceptors (Lipinski definition) is 3. The third-order valence-electron chi connectivity index (χ3n) is 3.14. The number of nitrogens with zero attached hydrogens (tertiary/aromatic N) is 2. The number of aliphatic carboxylic acids is 1. The highest BCUT2D eigenvalue weighted by atomic mass is 16.4. The molecule has 1 heterocycles. The SMILES string of the molecule is CCN(CCCCCC(=O)O)Cc1cccc(C)n1. The van der Waals surface area contributed by atoms with Crippen LogP contribution in [0.15, 0.2) is 18.2 Å². The molecule has 0 bridgehead atoms. The van der Waals surface area contributed by atoms with Gasteiger partial charge >= 0.3 is 5.97 Å². The molecule has 0 saturated carbocycles. The van der Waals surface area contributed by atoms with Crippen molar-refractivity contribution < 1.29 is 9.90 Å². The molecule has 4 nitrogen and oxygen atoms in total. The summed E-state index contributed by atoms with van der Waals surface area (Å²) >= 11 is 0. The molecule has 0 aliphatic rings. The molecule has 0 saturated heterocycles. The fraction of sp³-hybridized carbons (Fsp3) is 0.600. The first-order valence-electron chi connectivity index (χ1n) is 6.98. The smallest absolute Gasteiger partial charge is 0.303 e. The summed E-state index contributed by atoms with van der Waals surface area (Å²) in [7, 11) is 0. The number of carboxylic acids is 1. The third kappa shape index (κ3) is 6.91. The summed E-state index contributed by atoms with van der Waals surface area (Å²) < 4.78 is 0. The predicted octanol–water partition coefficient (Wildman–Crippen LogP) is 2.86. The molecule has 0 aromatic carbocycles. The summed E-state index contributed by atoms with van der Waals surface area (Å²) in [5.41, 5.74) is 2.15. The molecule has 0 fully saturated rings. The second kappa shape index (κ2) is 8.64. The van der Waals surface area contributed by atoms with Crippen LogP contribution in [0.4, 0.5) is 0 Å². The van der Waals surface area contributed by atoms with Gasteiger partial charge in [-0.2, -0.15) is 0 Å². The number of carbonyl (C=O) groups is 1. The van der Waals surface area contributed by atoms with Crippen LogP contribution in [0.5, 0.6) is 0 Å². The number of unbranched alkanes of at least 4 members (excludes halogenated alkanes) is 2. The fourth-order valence-electron chi connectivity index (χ4n) is 2.05. The highest BCUT2D eigenvalue weighted by Crippen LogP contribution is 2.06. The van der Waals surface area contributed by atoms with Crippen molar-refractivity contribution in [1.82, 2.24) is 9.88 Å². The lowest BCUT2D eigenvalue weighted by molar-refractivity contribution is -0.137. The van der Waals surface area contributed by atoms with E-state index < -0.39 is 5.97 Å². The van der Waals surface area contributed by atoms with E-state index in [1.807, 2.05) is 19.1 Å². The zero-order valence-corrected chi connectivity index (χ0v) is 11.9. The number of aryl methyl sites for hydroxylation is 1. The van der Waals surface area contributed by atoms with Gasteiger partial charge in [0.15, 0.2) is 0 Å². The molecule has 0 aliphatic heterocycles. The van der Waals surface area contributed by atoms with E-state index in [4.69, 9.17) is 5.11 Å². The summed E-state index contributed by atoms with van der Waals surface area (Å²) in [6.45, 7) is 7.02. The van der Waals surface area contributed by atoms with Crippen LogP contribution in [0, 0.1) is 6.92 Å². The molecule has 1 rings (SSSR count). The first-order chi connectivity index (χ1) is 9.11. The molecule has 0 spiro atoms. The molecule has 1 aromatic rings. The summed E-state index contributed by atoms with van der Waals surface area (Å²) in [5.74, 6) is -0.698. The second-order valence-electron chi connectivity index (χ2n) is 4.84. The van der Waals surface area contributed by atoms with Crippen molar-refractivity contribution >= 4 is 5.97 Å². The van der Waals surface area contributed by atoms with Crippen LogP contribution in [0.3, 0.4) is 0 Å². The summed E-state index contributed by atoms with van der Waals surface area (Å²) in [6, 6.07) is 6.10. The Morgan fingerprint density at radius 2 is 2.11 bits per heavy atom. The van der Waals surface area contributed by atoms with Crippen LogP contribution >= 0.6 is 0 Å². The Hall–Kier alpha value is -1.42. The van der Waals surface area contributed by atoms with Gasteiger partial charge in [0.2, 0.25) is 0 Å². The van der Waals surface area contributed by atoms with Crippen molar-refractivity contribution in [3.63, 3.8) is 0 Å². The van der Waals surface area contributed by atoms with Crippen LogP contribution in [-0.4, -0.2) is 34.0 Å². The number of hydrogen-bond donors (Lipinski definition) is 1. The minimum Gasteiger partial charge on any atom is -0.481 e. The van der Waals surface area contributed by atoms with E-state index in [0.717, 1.165) is 50.3 Å². The van der Waals surface area contributed by atoms with Crippen molar-refractivity contribution in [1.29, 1.82) is 0 Å². The molecule has 0 radical (unpaired) electrons. The van der Waals surface area contributed by atoms with Gasteiger partial charge in [-0.1, -0.05) is 19.4 Å². The van der Waals surface area contributed by atoms with E-state index >= 15 is 0 Å². The van der Waals surface area contributed by atoms with E-state index in [2.05, 4.69) is 22.9 Å². The highest BCUT2D eigenvalue weighted by Gasteiger charge is 2.05. The monoisotopic (exact) mass is 264 g/mol. The van der Waals surface area contributed by atoms with Gasteiger partial charge in [-0.25, -0.2) is 0 Å². The van der Waals surface area contributed by atoms with Crippen molar-refractivity contribution in [2.75, 3.05) is 13.1 Å². The average Bonchev–Trinajstić information content (AvgIpc) is 2.36. The van der Waals surface area contributed by atoms with Crippen molar-refractivity contribution in [3.05, 3.63) is 29.6 Å². The Morgan fingerprint density at radius 1 is 1.32 bits per heavy atom. The first kappa shape index (κ1) is 15.6. The average molecular weight is 264 g/mol. The Kier molecular flexibility index (Phi) is 7.11. The van der Waals surface area contributed by atoms with E-state index in [9.17, 15) is 4.79 Å². The standard InChI is InChI=1S/C15H24N2O2/c1-3-17(11-6-4-5-10-15(18)19)12-14-9-7-8-13(2)16-14/h7-9H,3-6,10-12H2,1-2H3,(H,18,19). The maximum Gasteiger partial charge on any atom is 0.303 e. The van der Waals surface area contributed by atoms with Crippen LogP contribution < -0.4 is 0 Å². The van der Waals surface area contributed by atoms with E-state index in [-0.39, 0.29) is 6.42 Å². The minimum absolute atomic E-state index is 0.283. The van der Waals surface area contributed by atoms with Crippen LogP contribution in [-0.2, 0) is 11.3 Å². The van der Waals surface area contributed by atoms with Gasteiger partial charge in [-0.15, -0.1) is 0 Å².